The first-order valence-corrected chi connectivity index (χ1v) is 8.72. The molecule has 2 aromatic rings. The monoisotopic (exact) mass is 348 g/mol. The molecule has 2 aromatic heterocycles. The van der Waals surface area contributed by atoms with Crippen LogP contribution in [0.2, 0.25) is 0 Å². The number of carbonyl (C=O) groups excluding carboxylic acids is 1. The number of aromatic nitrogens is 4. The molecule has 0 radical (unpaired) electrons. The minimum absolute atomic E-state index is 0.179. The van der Waals surface area contributed by atoms with E-state index in [4.69, 9.17) is 0 Å². The van der Waals surface area contributed by atoms with E-state index in [0.717, 1.165) is 30.1 Å². The van der Waals surface area contributed by atoms with E-state index in [9.17, 15) is 9.90 Å². The highest BCUT2D eigenvalue weighted by Gasteiger charge is 2.37. The van der Waals surface area contributed by atoms with Crippen molar-refractivity contribution in [3.63, 3.8) is 0 Å². The van der Waals surface area contributed by atoms with Crippen LogP contribution in [0.25, 0.3) is 0 Å². The fraction of sp³-hybridized carbons (Fsp3) is 0.533. The van der Waals surface area contributed by atoms with Crippen LogP contribution >= 0.6 is 11.5 Å². The van der Waals surface area contributed by atoms with E-state index in [-0.39, 0.29) is 12.5 Å². The molecule has 0 saturated carbocycles. The fourth-order valence-corrected chi connectivity index (χ4v) is 3.36. The molecule has 24 heavy (non-hydrogen) atoms. The zero-order chi connectivity index (χ0) is 17.0. The Kier molecular flexibility index (Phi) is 5.00. The van der Waals surface area contributed by atoms with E-state index >= 15 is 0 Å². The van der Waals surface area contributed by atoms with Gasteiger partial charge < -0.3 is 15.3 Å². The van der Waals surface area contributed by atoms with Gasteiger partial charge in [0.2, 0.25) is 5.95 Å². The molecule has 1 fully saturated rings. The lowest BCUT2D eigenvalue weighted by atomic mass is 10.0. The van der Waals surface area contributed by atoms with Crippen LogP contribution in [0.15, 0.2) is 18.5 Å². The second-order valence-corrected chi connectivity index (χ2v) is 6.68. The van der Waals surface area contributed by atoms with Gasteiger partial charge >= 0.3 is 0 Å². The van der Waals surface area contributed by atoms with Gasteiger partial charge in [0, 0.05) is 25.5 Å². The van der Waals surface area contributed by atoms with Gasteiger partial charge in [-0.05, 0) is 30.4 Å². The third-order valence-electron chi connectivity index (χ3n) is 3.99. The van der Waals surface area contributed by atoms with Crippen molar-refractivity contribution in [2.45, 2.75) is 31.8 Å². The van der Waals surface area contributed by atoms with Gasteiger partial charge in [-0.25, -0.2) is 9.97 Å². The Morgan fingerprint density at radius 3 is 3.00 bits per heavy atom. The van der Waals surface area contributed by atoms with Gasteiger partial charge in [0.25, 0.3) is 5.91 Å². The number of amides is 1. The molecule has 1 atom stereocenters. The molecule has 128 valence electrons. The number of β-amino-alcohol motifs (C(OH)–C–C–N with tert-alkyl or cyclic N) is 1. The molecule has 3 heterocycles. The van der Waals surface area contributed by atoms with Gasteiger partial charge in [-0.1, -0.05) is 17.8 Å². The van der Waals surface area contributed by atoms with Crippen molar-refractivity contribution in [3.05, 3.63) is 29.0 Å². The van der Waals surface area contributed by atoms with Gasteiger partial charge in [-0.2, -0.15) is 0 Å². The maximum Gasteiger partial charge on any atom is 0.265 e. The van der Waals surface area contributed by atoms with Crippen molar-refractivity contribution in [2.24, 2.45) is 0 Å². The summed E-state index contributed by atoms with van der Waals surface area (Å²) in [6.07, 6.45) is 5.53. The summed E-state index contributed by atoms with van der Waals surface area (Å²) < 4.78 is 3.85. The van der Waals surface area contributed by atoms with Crippen LogP contribution in [0.5, 0.6) is 0 Å². The molecule has 0 bridgehead atoms. The summed E-state index contributed by atoms with van der Waals surface area (Å²) in [6.45, 7) is 3.25. The molecule has 1 aliphatic rings. The zero-order valence-corrected chi connectivity index (χ0v) is 14.3. The van der Waals surface area contributed by atoms with Crippen LogP contribution in [0.3, 0.4) is 0 Å². The Labute approximate surface area is 144 Å². The Morgan fingerprint density at radius 1 is 1.46 bits per heavy atom. The average molecular weight is 348 g/mol. The third-order valence-corrected chi connectivity index (χ3v) is 4.76. The number of nitrogens with zero attached hydrogens (tertiary/aromatic N) is 5. The van der Waals surface area contributed by atoms with Crippen molar-refractivity contribution in [1.82, 2.24) is 24.9 Å². The maximum atomic E-state index is 12.3. The number of nitrogens with one attached hydrogen (secondary N) is 1. The van der Waals surface area contributed by atoms with E-state index < -0.39 is 5.60 Å². The van der Waals surface area contributed by atoms with Gasteiger partial charge in [0.15, 0.2) is 0 Å². The van der Waals surface area contributed by atoms with Gasteiger partial charge in [-0.3, -0.25) is 4.79 Å². The van der Waals surface area contributed by atoms with E-state index in [1.54, 1.807) is 18.5 Å². The predicted octanol–water partition coefficient (Wildman–Crippen LogP) is 0.652. The van der Waals surface area contributed by atoms with Crippen molar-refractivity contribution >= 4 is 23.4 Å². The second-order valence-electron chi connectivity index (χ2n) is 5.93. The van der Waals surface area contributed by atoms with E-state index in [1.807, 2.05) is 11.8 Å². The molecule has 9 heteroatoms. The van der Waals surface area contributed by atoms with E-state index in [2.05, 4.69) is 24.9 Å². The van der Waals surface area contributed by atoms with Crippen molar-refractivity contribution in [1.29, 1.82) is 0 Å². The molecule has 0 aromatic carbocycles. The molecule has 1 aliphatic heterocycles. The Bertz CT molecular complexity index is 694. The quantitative estimate of drug-likeness (QED) is 0.790. The van der Waals surface area contributed by atoms with Crippen molar-refractivity contribution in [2.75, 3.05) is 24.5 Å². The number of aliphatic hydroxyl groups is 1. The summed E-state index contributed by atoms with van der Waals surface area (Å²) in [4.78, 5) is 23.2. The minimum Gasteiger partial charge on any atom is -0.386 e. The molecule has 1 amide bonds. The van der Waals surface area contributed by atoms with Gasteiger partial charge in [0.05, 0.1) is 12.2 Å². The lowest BCUT2D eigenvalue weighted by Gasteiger charge is -2.23. The number of hydrogen-bond acceptors (Lipinski definition) is 8. The second kappa shape index (κ2) is 7.18. The smallest absolute Gasteiger partial charge is 0.265 e. The summed E-state index contributed by atoms with van der Waals surface area (Å²) in [6, 6.07) is 1.75. The number of carbonyl (C=O) groups is 1. The molecule has 1 unspecified atom stereocenters. The SMILES string of the molecule is CCCc1nnsc1C(=O)NCC1(O)CCN(c2ncccn2)C1. The number of anilines is 1. The molecular formula is C15H20N6O2S. The van der Waals surface area contributed by atoms with E-state index in [1.165, 1.54) is 0 Å². The molecule has 0 aliphatic carbocycles. The molecule has 8 nitrogen and oxygen atoms in total. The normalized spacial score (nSPS) is 20.3. The first kappa shape index (κ1) is 16.7. The number of hydrogen-bond donors (Lipinski definition) is 2. The third kappa shape index (κ3) is 3.68. The van der Waals surface area contributed by atoms with Crippen molar-refractivity contribution in [3.8, 4) is 0 Å². The fourth-order valence-electron chi connectivity index (χ4n) is 2.73. The first-order valence-electron chi connectivity index (χ1n) is 7.95. The van der Waals surface area contributed by atoms with Crippen LogP contribution < -0.4 is 10.2 Å². The van der Waals surface area contributed by atoms with E-state index in [0.29, 0.717) is 30.3 Å². The topological polar surface area (TPSA) is 104 Å². The molecule has 2 N–H and O–H groups in total. The zero-order valence-electron chi connectivity index (χ0n) is 13.5. The van der Waals surface area contributed by atoms with Crippen LogP contribution in [-0.4, -0.2) is 55.8 Å². The summed E-state index contributed by atoms with van der Waals surface area (Å²) in [5, 5.41) is 17.5. The first-order chi connectivity index (χ1) is 11.6. The highest BCUT2D eigenvalue weighted by atomic mass is 32.1. The molecule has 0 spiro atoms. The average Bonchev–Trinajstić information content (AvgIpc) is 3.21. The lowest BCUT2D eigenvalue weighted by molar-refractivity contribution is 0.0576. The van der Waals surface area contributed by atoms with Crippen LogP contribution in [0.1, 0.15) is 35.1 Å². The Hall–Kier alpha value is -2.13. The number of rotatable bonds is 6. The summed E-state index contributed by atoms with van der Waals surface area (Å²) in [5.74, 6) is 0.368. The minimum atomic E-state index is -0.988. The summed E-state index contributed by atoms with van der Waals surface area (Å²) in [5.41, 5.74) is -0.268. The number of aryl methyl sites for hydroxylation is 1. The van der Waals surface area contributed by atoms with Gasteiger partial charge in [0.1, 0.15) is 10.5 Å². The maximum absolute atomic E-state index is 12.3. The van der Waals surface area contributed by atoms with Crippen LogP contribution in [0, 0.1) is 0 Å². The van der Waals surface area contributed by atoms with Crippen LogP contribution in [0.4, 0.5) is 5.95 Å². The van der Waals surface area contributed by atoms with Gasteiger partial charge in [-0.15, -0.1) is 5.10 Å². The van der Waals surface area contributed by atoms with Crippen LogP contribution in [-0.2, 0) is 6.42 Å². The standard InChI is InChI=1S/C15H20N6O2S/c1-2-4-11-12(24-20-19-11)13(22)18-9-15(23)5-8-21(10-15)14-16-6-3-7-17-14/h3,6-7,23H,2,4-5,8-10H2,1H3,(H,18,22). The summed E-state index contributed by atoms with van der Waals surface area (Å²) >= 11 is 1.09. The Morgan fingerprint density at radius 2 is 2.25 bits per heavy atom. The Balaban J connectivity index is 1.58. The highest BCUT2D eigenvalue weighted by molar-refractivity contribution is 7.08. The largest absolute Gasteiger partial charge is 0.386 e. The predicted molar refractivity (Wildman–Crippen MR) is 90.0 cm³/mol. The highest BCUT2D eigenvalue weighted by Crippen LogP contribution is 2.24. The lowest BCUT2D eigenvalue weighted by Crippen LogP contribution is -2.45. The molecular weight excluding hydrogens is 328 g/mol. The molecule has 3 rings (SSSR count). The molecule has 1 saturated heterocycles. The van der Waals surface area contributed by atoms with Crippen molar-refractivity contribution < 1.29 is 9.90 Å². The summed E-state index contributed by atoms with van der Waals surface area (Å²) in [7, 11) is 0.